The van der Waals surface area contributed by atoms with Crippen LogP contribution in [0, 0.1) is 17.3 Å². The first-order valence-electron chi connectivity index (χ1n) is 8.86. The van der Waals surface area contributed by atoms with Gasteiger partial charge in [-0.15, -0.1) is 0 Å². The summed E-state index contributed by atoms with van der Waals surface area (Å²) in [4.78, 5) is 0. The van der Waals surface area contributed by atoms with Gasteiger partial charge in [0, 0.05) is 0 Å². The lowest BCUT2D eigenvalue weighted by atomic mass is 9.54. The van der Waals surface area contributed by atoms with Gasteiger partial charge in [0.1, 0.15) is 0 Å². The molecule has 4 atom stereocenters. The summed E-state index contributed by atoms with van der Waals surface area (Å²) in [6.07, 6.45) is 9.74. The van der Waals surface area contributed by atoms with E-state index in [1.54, 1.807) is 0 Å². The lowest BCUT2D eigenvalue weighted by molar-refractivity contribution is -0.118. The molecule has 4 unspecified atom stereocenters. The first kappa shape index (κ1) is 17.7. The first-order chi connectivity index (χ1) is 10.1. The van der Waals surface area contributed by atoms with Crippen molar-refractivity contribution in [3.63, 3.8) is 0 Å². The highest BCUT2D eigenvalue weighted by atomic mass is 16.3. The standard InChI is InChI=1S/C20H34O2/c1-14-6-8-16-10-11-20(5,22)18(19(16,3)4)9-7-15(2)13-17(21)12-14/h6,13,16-18,21-22H,7-12H2,1-5H3. The molecule has 1 fully saturated rings. The average Bonchev–Trinajstić information content (AvgIpc) is 2.35. The van der Waals surface area contributed by atoms with E-state index in [0.29, 0.717) is 11.8 Å². The monoisotopic (exact) mass is 306 g/mol. The molecule has 2 rings (SSSR count). The van der Waals surface area contributed by atoms with Gasteiger partial charge in [0.05, 0.1) is 11.7 Å². The van der Waals surface area contributed by atoms with E-state index in [2.05, 4.69) is 33.8 Å². The van der Waals surface area contributed by atoms with Crippen LogP contribution in [-0.2, 0) is 0 Å². The van der Waals surface area contributed by atoms with Crippen molar-refractivity contribution in [3.8, 4) is 0 Å². The molecule has 0 aromatic heterocycles. The van der Waals surface area contributed by atoms with E-state index in [4.69, 9.17) is 0 Å². The fourth-order valence-electron chi connectivity index (χ4n) is 4.80. The summed E-state index contributed by atoms with van der Waals surface area (Å²) in [5.41, 5.74) is 2.11. The Balaban J connectivity index is 2.33. The normalized spacial score (nSPS) is 40.0. The van der Waals surface area contributed by atoms with Crippen LogP contribution in [0.3, 0.4) is 0 Å². The van der Waals surface area contributed by atoms with Crippen LogP contribution in [0.15, 0.2) is 23.3 Å². The number of rotatable bonds is 0. The molecular formula is C20H34O2. The van der Waals surface area contributed by atoms with E-state index in [1.807, 2.05) is 13.0 Å². The summed E-state index contributed by atoms with van der Waals surface area (Å²) in [5.74, 6) is 0.931. The Kier molecular flexibility index (Phi) is 5.23. The molecule has 0 aliphatic heterocycles. The highest BCUT2D eigenvalue weighted by Crippen LogP contribution is 2.53. The second kappa shape index (κ2) is 6.49. The third kappa shape index (κ3) is 3.83. The van der Waals surface area contributed by atoms with Crippen LogP contribution in [0.4, 0.5) is 0 Å². The Labute approximate surface area is 136 Å². The Bertz CT molecular complexity index is 456. The third-order valence-corrected chi connectivity index (χ3v) is 6.29. The van der Waals surface area contributed by atoms with Gasteiger partial charge >= 0.3 is 0 Å². The van der Waals surface area contributed by atoms with Gasteiger partial charge in [-0.3, -0.25) is 0 Å². The Hall–Kier alpha value is -0.600. The van der Waals surface area contributed by atoms with Gasteiger partial charge in [-0.2, -0.15) is 0 Å². The predicted molar refractivity (Wildman–Crippen MR) is 92.6 cm³/mol. The molecule has 0 spiro atoms. The lowest BCUT2D eigenvalue weighted by Gasteiger charge is -2.53. The second-order valence-electron chi connectivity index (χ2n) is 8.58. The molecule has 22 heavy (non-hydrogen) atoms. The molecule has 2 aliphatic carbocycles. The number of allylic oxidation sites excluding steroid dienone is 2. The van der Waals surface area contributed by atoms with Crippen molar-refractivity contribution >= 4 is 0 Å². The summed E-state index contributed by atoms with van der Waals surface area (Å²) in [6, 6.07) is 0. The summed E-state index contributed by atoms with van der Waals surface area (Å²) in [5, 5.41) is 21.1. The topological polar surface area (TPSA) is 40.5 Å². The number of aliphatic hydroxyl groups excluding tert-OH is 1. The molecule has 0 saturated heterocycles. The third-order valence-electron chi connectivity index (χ3n) is 6.29. The zero-order valence-electron chi connectivity index (χ0n) is 15.0. The molecule has 126 valence electrons. The Morgan fingerprint density at radius 2 is 1.77 bits per heavy atom. The van der Waals surface area contributed by atoms with Crippen molar-refractivity contribution < 1.29 is 10.2 Å². The first-order valence-corrected chi connectivity index (χ1v) is 8.86. The second-order valence-corrected chi connectivity index (χ2v) is 8.58. The van der Waals surface area contributed by atoms with Crippen LogP contribution in [0.1, 0.15) is 73.1 Å². The van der Waals surface area contributed by atoms with E-state index < -0.39 is 5.60 Å². The Morgan fingerprint density at radius 3 is 2.45 bits per heavy atom. The summed E-state index contributed by atoms with van der Waals surface area (Å²) >= 11 is 0. The van der Waals surface area contributed by atoms with Crippen molar-refractivity contribution in [2.45, 2.75) is 84.8 Å². The molecule has 2 aliphatic rings. The van der Waals surface area contributed by atoms with Crippen LogP contribution in [0.2, 0.25) is 0 Å². The Morgan fingerprint density at radius 1 is 1.09 bits per heavy atom. The van der Waals surface area contributed by atoms with Crippen LogP contribution < -0.4 is 0 Å². The minimum atomic E-state index is -0.568. The molecule has 0 aromatic rings. The van der Waals surface area contributed by atoms with Crippen LogP contribution in [0.5, 0.6) is 0 Å². The van der Waals surface area contributed by atoms with E-state index in [1.165, 1.54) is 11.1 Å². The van der Waals surface area contributed by atoms with E-state index >= 15 is 0 Å². The van der Waals surface area contributed by atoms with Crippen molar-refractivity contribution in [1.29, 1.82) is 0 Å². The fourth-order valence-corrected chi connectivity index (χ4v) is 4.80. The lowest BCUT2D eigenvalue weighted by Crippen LogP contribution is -2.51. The fraction of sp³-hybridized carbons (Fsp3) is 0.800. The molecule has 0 heterocycles. The van der Waals surface area contributed by atoms with E-state index in [0.717, 1.165) is 38.5 Å². The molecule has 2 heteroatoms. The largest absolute Gasteiger partial charge is 0.390 e. The SMILES string of the molecule is CC1=CC(O)CC(C)=CCC2CCC(C)(O)C(CC1)C2(C)C. The molecule has 0 amide bonds. The van der Waals surface area contributed by atoms with Crippen molar-refractivity contribution in [3.05, 3.63) is 23.3 Å². The number of aliphatic hydroxyl groups is 2. The predicted octanol–water partition coefficient (Wildman–Crippen LogP) is 4.62. The highest BCUT2D eigenvalue weighted by molar-refractivity contribution is 5.11. The zero-order chi connectivity index (χ0) is 16.5. The van der Waals surface area contributed by atoms with E-state index in [9.17, 15) is 10.2 Å². The molecular weight excluding hydrogens is 272 g/mol. The van der Waals surface area contributed by atoms with Gasteiger partial charge in [0.15, 0.2) is 0 Å². The van der Waals surface area contributed by atoms with Crippen molar-refractivity contribution in [2.24, 2.45) is 17.3 Å². The maximum atomic E-state index is 10.9. The van der Waals surface area contributed by atoms with Gasteiger partial charge in [0.2, 0.25) is 0 Å². The van der Waals surface area contributed by atoms with Crippen LogP contribution >= 0.6 is 0 Å². The molecule has 0 aromatic carbocycles. The van der Waals surface area contributed by atoms with Gasteiger partial charge in [-0.25, -0.2) is 0 Å². The van der Waals surface area contributed by atoms with E-state index in [-0.39, 0.29) is 11.5 Å². The molecule has 1 saturated carbocycles. The maximum absolute atomic E-state index is 10.9. The zero-order valence-corrected chi connectivity index (χ0v) is 15.0. The molecule has 2 N–H and O–H groups in total. The number of hydrogen-bond acceptors (Lipinski definition) is 2. The number of hydrogen-bond donors (Lipinski definition) is 2. The summed E-state index contributed by atoms with van der Waals surface area (Å²) < 4.78 is 0. The van der Waals surface area contributed by atoms with Gasteiger partial charge in [0.25, 0.3) is 0 Å². The number of fused-ring (bicyclic) bond motifs is 2. The molecule has 0 radical (unpaired) electrons. The smallest absolute Gasteiger partial charge is 0.0760 e. The van der Waals surface area contributed by atoms with Gasteiger partial charge in [-0.05, 0) is 76.5 Å². The minimum absolute atomic E-state index is 0.149. The average molecular weight is 306 g/mol. The van der Waals surface area contributed by atoms with Crippen LogP contribution in [0.25, 0.3) is 0 Å². The van der Waals surface area contributed by atoms with Crippen LogP contribution in [-0.4, -0.2) is 21.9 Å². The molecule has 2 nitrogen and oxygen atoms in total. The summed E-state index contributed by atoms with van der Waals surface area (Å²) in [6.45, 7) is 11.0. The maximum Gasteiger partial charge on any atom is 0.0760 e. The van der Waals surface area contributed by atoms with Crippen molar-refractivity contribution in [2.75, 3.05) is 0 Å². The quantitative estimate of drug-likeness (QED) is 0.641. The summed E-state index contributed by atoms with van der Waals surface area (Å²) in [7, 11) is 0. The van der Waals surface area contributed by atoms with Crippen molar-refractivity contribution in [1.82, 2.24) is 0 Å². The van der Waals surface area contributed by atoms with Gasteiger partial charge < -0.3 is 10.2 Å². The molecule has 2 bridgehead atoms. The minimum Gasteiger partial charge on any atom is -0.390 e. The highest BCUT2D eigenvalue weighted by Gasteiger charge is 2.49. The van der Waals surface area contributed by atoms with Gasteiger partial charge in [-0.1, -0.05) is 37.1 Å².